The lowest BCUT2D eigenvalue weighted by Gasteiger charge is -2.18. The molecule has 1 aliphatic heterocycles. The Labute approximate surface area is 194 Å². The Morgan fingerprint density at radius 2 is 1.62 bits per heavy atom. The predicted octanol–water partition coefficient (Wildman–Crippen LogP) is 4.83. The van der Waals surface area contributed by atoms with E-state index in [0.29, 0.717) is 11.6 Å². The normalized spacial score (nSPS) is 14.2. The summed E-state index contributed by atoms with van der Waals surface area (Å²) in [4.78, 5) is 10.5. The van der Waals surface area contributed by atoms with E-state index in [9.17, 15) is 21.6 Å². The third-order valence-electron chi connectivity index (χ3n) is 5.03. The van der Waals surface area contributed by atoms with Crippen molar-refractivity contribution < 1.29 is 26.3 Å². The van der Waals surface area contributed by atoms with Gasteiger partial charge in [-0.1, -0.05) is 12.1 Å². The number of benzene rings is 2. The van der Waals surface area contributed by atoms with E-state index in [0.717, 1.165) is 49.6 Å². The Balaban J connectivity index is 1.49. The first-order chi connectivity index (χ1) is 16.1. The number of nitrogens with zero attached hydrogens (tertiary/aromatic N) is 3. The summed E-state index contributed by atoms with van der Waals surface area (Å²) in [6, 6.07) is 12.6. The number of nitrogens with one attached hydrogen (secondary N) is 2. The van der Waals surface area contributed by atoms with E-state index in [2.05, 4.69) is 29.6 Å². The number of para-hydroxylation sites is 1. The molecule has 0 saturated carbocycles. The Bertz CT molecular complexity index is 1260. The van der Waals surface area contributed by atoms with Crippen LogP contribution in [0.3, 0.4) is 0 Å². The van der Waals surface area contributed by atoms with Gasteiger partial charge in [-0.15, -0.1) is 13.2 Å². The van der Waals surface area contributed by atoms with Crippen molar-refractivity contribution in [1.82, 2.24) is 9.97 Å². The van der Waals surface area contributed by atoms with Crippen molar-refractivity contribution in [3.05, 3.63) is 60.3 Å². The maximum atomic E-state index is 12.7. The molecule has 34 heavy (non-hydrogen) atoms. The molecule has 1 aromatic heterocycles. The lowest BCUT2D eigenvalue weighted by Crippen LogP contribution is -2.20. The predicted molar refractivity (Wildman–Crippen MR) is 122 cm³/mol. The van der Waals surface area contributed by atoms with Gasteiger partial charge in [0.2, 0.25) is 5.95 Å². The molecule has 4 rings (SSSR count). The van der Waals surface area contributed by atoms with Gasteiger partial charge < -0.3 is 15.0 Å². The molecule has 0 aliphatic carbocycles. The molecule has 0 amide bonds. The third kappa shape index (κ3) is 5.87. The third-order valence-corrected chi connectivity index (χ3v) is 6.45. The number of rotatable bonds is 7. The van der Waals surface area contributed by atoms with Gasteiger partial charge in [0.1, 0.15) is 16.5 Å². The highest BCUT2D eigenvalue weighted by molar-refractivity contribution is 7.92. The molecular formula is C22H22F3N5O3S. The van der Waals surface area contributed by atoms with Crippen LogP contribution in [0.2, 0.25) is 0 Å². The minimum absolute atomic E-state index is 0.162. The summed E-state index contributed by atoms with van der Waals surface area (Å²) in [5, 5.41) is 3.09. The van der Waals surface area contributed by atoms with Crippen LogP contribution in [0.1, 0.15) is 18.5 Å². The van der Waals surface area contributed by atoms with E-state index in [1.54, 1.807) is 12.1 Å². The Kier molecular flexibility index (Phi) is 6.51. The van der Waals surface area contributed by atoms with Crippen LogP contribution in [0.5, 0.6) is 5.75 Å². The van der Waals surface area contributed by atoms with E-state index < -0.39 is 27.0 Å². The molecule has 2 heterocycles. The van der Waals surface area contributed by atoms with E-state index >= 15 is 0 Å². The largest absolute Gasteiger partial charge is 0.573 e. The van der Waals surface area contributed by atoms with Crippen molar-refractivity contribution in [3.63, 3.8) is 0 Å². The van der Waals surface area contributed by atoms with Gasteiger partial charge in [-0.05, 0) is 56.2 Å². The zero-order valence-corrected chi connectivity index (χ0v) is 18.9. The van der Waals surface area contributed by atoms with Crippen LogP contribution in [0, 0.1) is 6.92 Å². The van der Waals surface area contributed by atoms with Gasteiger partial charge >= 0.3 is 6.36 Å². The molecule has 0 bridgehead atoms. The topological polar surface area (TPSA) is 96.5 Å². The fraction of sp³-hybridized carbons (Fsp3) is 0.273. The molecular weight excluding hydrogens is 471 g/mol. The quantitative estimate of drug-likeness (QED) is 0.487. The van der Waals surface area contributed by atoms with E-state index in [4.69, 9.17) is 0 Å². The van der Waals surface area contributed by atoms with E-state index in [-0.39, 0.29) is 5.69 Å². The van der Waals surface area contributed by atoms with Gasteiger partial charge in [0.15, 0.2) is 0 Å². The van der Waals surface area contributed by atoms with Crippen molar-refractivity contribution >= 4 is 33.2 Å². The first-order valence-corrected chi connectivity index (χ1v) is 11.9. The lowest BCUT2D eigenvalue weighted by molar-refractivity contribution is -0.275. The number of aryl methyl sites for hydroxylation is 1. The van der Waals surface area contributed by atoms with Crippen molar-refractivity contribution in [3.8, 4) is 5.75 Å². The van der Waals surface area contributed by atoms with Gasteiger partial charge in [0.05, 0.1) is 0 Å². The van der Waals surface area contributed by atoms with Crippen LogP contribution in [-0.2, 0) is 10.0 Å². The smallest absolute Gasteiger partial charge is 0.404 e. The number of anilines is 4. The van der Waals surface area contributed by atoms with Gasteiger partial charge in [-0.3, -0.25) is 4.72 Å². The molecule has 2 N–H and O–H groups in total. The molecule has 0 atom stereocenters. The van der Waals surface area contributed by atoms with Gasteiger partial charge in [0, 0.05) is 36.2 Å². The Hall–Kier alpha value is -3.54. The van der Waals surface area contributed by atoms with Crippen LogP contribution < -0.4 is 19.7 Å². The number of ether oxygens (including phenoxy) is 1. The summed E-state index contributed by atoms with van der Waals surface area (Å²) < 4.78 is 69.4. The van der Waals surface area contributed by atoms with Crippen LogP contribution in [0.15, 0.2) is 59.5 Å². The molecule has 0 radical (unpaired) electrons. The highest BCUT2D eigenvalue weighted by atomic mass is 32.2. The van der Waals surface area contributed by atoms with Crippen LogP contribution in [0.25, 0.3) is 0 Å². The van der Waals surface area contributed by atoms with Crippen LogP contribution in [0.4, 0.5) is 36.3 Å². The number of hydrogen-bond acceptors (Lipinski definition) is 7. The monoisotopic (exact) mass is 493 g/mol. The standard InChI is InChI=1S/C22H22F3N5O3S/c1-15-14-20(30-12-4-5-13-30)28-21(26-15)27-16-8-10-17(11-9-16)29-34(31,32)19-7-3-2-6-18(19)33-22(23,24)25/h2-3,6-11,14,29H,4-5,12-13H2,1H3,(H,26,27,28). The molecule has 8 nitrogen and oxygen atoms in total. The number of aromatic nitrogens is 2. The molecule has 3 aromatic rings. The molecule has 180 valence electrons. The summed E-state index contributed by atoms with van der Waals surface area (Å²) >= 11 is 0. The van der Waals surface area contributed by atoms with Crippen molar-refractivity contribution in [1.29, 1.82) is 0 Å². The van der Waals surface area contributed by atoms with Crippen LogP contribution in [-0.4, -0.2) is 37.8 Å². The zero-order chi connectivity index (χ0) is 24.3. The SMILES string of the molecule is Cc1cc(N2CCCC2)nc(Nc2ccc(NS(=O)(=O)c3ccccc3OC(F)(F)F)cc2)n1. The number of halogens is 3. The van der Waals surface area contributed by atoms with Gasteiger partial charge in [-0.2, -0.15) is 4.98 Å². The van der Waals surface area contributed by atoms with Crippen molar-refractivity contribution in [2.24, 2.45) is 0 Å². The molecule has 0 unspecified atom stereocenters. The Morgan fingerprint density at radius 1 is 0.971 bits per heavy atom. The second-order valence-electron chi connectivity index (χ2n) is 7.69. The molecule has 1 fully saturated rings. The number of sulfonamides is 1. The summed E-state index contributed by atoms with van der Waals surface area (Å²) in [5.74, 6) is 0.441. The first kappa shape index (κ1) is 23.6. The fourth-order valence-electron chi connectivity index (χ4n) is 3.56. The van der Waals surface area contributed by atoms with Gasteiger partial charge in [-0.25, -0.2) is 13.4 Å². The first-order valence-electron chi connectivity index (χ1n) is 10.4. The minimum Gasteiger partial charge on any atom is -0.404 e. The fourth-order valence-corrected chi connectivity index (χ4v) is 4.75. The van der Waals surface area contributed by atoms with Crippen LogP contribution >= 0.6 is 0 Å². The maximum absolute atomic E-state index is 12.7. The summed E-state index contributed by atoms with van der Waals surface area (Å²) in [5.41, 5.74) is 1.58. The molecule has 2 aromatic carbocycles. The lowest BCUT2D eigenvalue weighted by atomic mass is 10.3. The minimum atomic E-state index is -5.02. The molecule has 1 aliphatic rings. The summed E-state index contributed by atoms with van der Waals surface area (Å²) in [6.07, 6.45) is -2.78. The highest BCUT2D eigenvalue weighted by Gasteiger charge is 2.34. The van der Waals surface area contributed by atoms with E-state index in [1.165, 1.54) is 24.3 Å². The molecule has 0 spiro atoms. The summed E-state index contributed by atoms with van der Waals surface area (Å²) in [7, 11) is -4.33. The van der Waals surface area contributed by atoms with Crippen molar-refractivity contribution in [2.75, 3.05) is 28.0 Å². The van der Waals surface area contributed by atoms with E-state index in [1.807, 2.05) is 13.0 Å². The second kappa shape index (κ2) is 9.37. The zero-order valence-electron chi connectivity index (χ0n) is 18.1. The second-order valence-corrected chi connectivity index (χ2v) is 9.34. The van der Waals surface area contributed by atoms with Gasteiger partial charge in [0.25, 0.3) is 10.0 Å². The highest BCUT2D eigenvalue weighted by Crippen LogP contribution is 2.31. The molecule has 12 heteroatoms. The number of alkyl halides is 3. The summed E-state index contributed by atoms with van der Waals surface area (Å²) in [6.45, 7) is 3.77. The maximum Gasteiger partial charge on any atom is 0.573 e. The Morgan fingerprint density at radius 3 is 2.29 bits per heavy atom. The molecule has 1 saturated heterocycles. The number of hydrogen-bond donors (Lipinski definition) is 2. The van der Waals surface area contributed by atoms with Crippen molar-refractivity contribution in [2.45, 2.75) is 31.0 Å². The average Bonchev–Trinajstić information content (AvgIpc) is 3.29. The average molecular weight is 494 g/mol.